The molecule has 0 atom stereocenters. The van der Waals surface area contributed by atoms with E-state index in [2.05, 4.69) is 5.32 Å². The maximum absolute atomic E-state index is 11.9. The molecule has 20 heavy (non-hydrogen) atoms. The van der Waals surface area contributed by atoms with Crippen LogP contribution in [-0.4, -0.2) is 31.2 Å². The number of hydrogen-bond donors (Lipinski definition) is 2. The van der Waals surface area contributed by atoms with Crippen molar-refractivity contribution in [1.82, 2.24) is 5.32 Å². The smallest absolute Gasteiger partial charge is 0.251 e. The molecule has 1 aliphatic carbocycles. The van der Waals surface area contributed by atoms with Gasteiger partial charge in [0.2, 0.25) is 0 Å². The lowest BCUT2D eigenvalue weighted by molar-refractivity contribution is 0.0267. The quantitative estimate of drug-likeness (QED) is 0.809. The van der Waals surface area contributed by atoms with Crippen LogP contribution < -0.4 is 11.1 Å². The average Bonchev–Trinajstić information content (AvgIpc) is 2.46. The van der Waals surface area contributed by atoms with Crippen molar-refractivity contribution >= 4 is 5.91 Å². The summed E-state index contributed by atoms with van der Waals surface area (Å²) in [6.07, 6.45) is 4.46. The number of hydrogen-bond acceptors (Lipinski definition) is 3. The highest BCUT2D eigenvalue weighted by Crippen LogP contribution is 2.19. The fourth-order valence-corrected chi connectivity index (χ4v) is 2.45. The SMILES string of the molecule is Cc1ccc(C(=O)NCCOC2CCC(N)CC2)cc1. The van der Waals surface area contributed by atoms with E-state index in [0.29, 0.717) is 30.9 Å². The third kappa shape index (κ3) is 4.62. The van der Waals surface area contributed by atoms with E-state index in [-0.39, 0.29) is 5.91 Å². The van der Waals surface area contributed by atoms with Crippen molar-refractivity contribution in [2.75, 3.05) is 13.2 Å². The zero-order valence-corrected chi connectivity index (χ0v) is 12.1. The van der Waals surface area contributed by atoms with Crippen molar-refractivity contribution in [2.45, 2.75) is 44.8 Å². The second-order valence-electron chi connectivity index (χ2n) is 5.53. The molecule has 1 saturated carbocycles. The number of carbonyl (C=O) groups excluding carboxylic acids is 1. The number of benzene rings is 1. The summed E-state index contributed by atoms with van der Waals surface area (Å²) in [6.45, 7) is 3.12. The Morgan fingerprint density at radius 2 is 1.90 bits per heavy atom. The van der Waals surface area contributed by atoms with Gasteiger partial charge in [0.15, 0.2) is 0 Å². The summed E-state index contributed by atoms with van der Waals surface area (Å²) >= 11 is 0. The van der Waals surface area contributed by atoms with Gasteiger partial charge in [-0.15, -0.1) is 0 Å². The molecule has 1 fully saturated rings. The highest BCUT2D eigenvalue weighted by molar-refractivity contribution is 5.94. The second kappa shape index (κ2) is 7.41. The molecular weight excluding hydrogens is 252 g/mol. The van der Waals surface area contributed by atoms with Crippen LogP contribution in [0.4, 0.5) is 0 Å². The number of aryl methyl sites for hydroxylation is 1. The fraction of sp³-hybridized carbons (Fsp3) is 0.562. The molecule has 3 N–H and O–H groups in total. The van der Waals surface area contributed by atoms with Gasteiger partial charge in [0.25, 0.3) is 5.91 Å². The summed E-state index contributed by atoms with van der Waals surface area (Å²) in [7, 11) is 0. The van der Waals surface area contributed by atoms with Crippen molar-refractivity contribution in [1.29, 1.82) is 0 Å². The highest BCUT2D eigenvalue weighted by atomic mass is 16.5. The minimum Gasteiger partial charge on any atom is -0.376 e. The third-order valence-corrected chi connectivity index (χ3v) is 3.77. The van der Waals surface area contributed by atoms with E-state index in [4.69, 9.17) is 10.5 Å². The van der Waals surface area contributed by atoms with E-state index < -0.39 is 0 Å². The molecule has 1 amide bonds. The Kier molecular flexibility index (Phi) is 5.56. The third-order valence-electron chi connectivity index (χ3n) is 3.77. The molecule has 0 aromatic heterocycles. The zero-order chi connectivity index (χ0) is 14.4. The molecule has 110 valence electrons. The Hall–Kier alpha value is -1.39. The van der Waals surface area contributed by atoms with Gasteiger partial charge in [0, 0.05) is 18.2 Å². The first-order chi connectivity index (χ1) is 9.65. The van der Waals surface area contributed by atoms with Crippen molar-refractivity contribution < 1.29 is 9.53 Å². The van der Waals surface area contributed by atoms with Crippen LogP contribution >= 0.6 is 0 Å². The molecule has 2 rings (SSSR count). The number of nitrogens with two attached hydrogens (primary N) is 1. The average molecular weight is 276 g/mol. The summed E-state index contributed by atoms with van der Waals surface area (Å²) in [6, 6.07) is 7.91. The fourth-order valence-electron chi connectivity index (χ4n) is 2.45. The molecule has 4 heteroatoms. The molecule has 0 radical (unpaired) electrons. The number of nitrogens with one attached hydrogen (secondary N) is 1. The summed E-state index contributed by atoms with van der Waals surface area (Å²) in [4.78, 5) is 11.9. The molecule has 1 aromatic carbocycles. The molecule has 1 aliphatic rings. The Labute approximate surface area is 120 Å². The Bertz CT molecular complexity index is 423. The maximum Gasteiger partial charge on any atom is 0.251 e. The van der Waals surface area contributed by atoms with Crippen LogP contribution in [0.5, 0.6) is 0 Å². The summed E-state index contributed by atoms with van der Waals surface area (Å²) < 4.78 is 5.77. The molecular formula is C16H24N2O2. The van der Waals surface area contributed by atoms with Gasteiger partial charge < -0.3 is 15.8 Å². The molecule has 1 aromatic rings. The first-order valence-electron chi connectivity index (χ1n) is 7.37. The molecule has 0 spiro atoms. The van der Waals surface area contributed by atoms with Gasteiger partial charge in [-0.05, 0) is 44.7 Å². The number of amides is 1. The molecule has 4 nitrogen and oxygen atoms in total. The zero-order valence-electron chi connectivity index (χ0n) is 12.1. The minimum atomic E-state index is -0.0423. The van der Waals surface area contributed by atoms with Crippen molar-refractivity contribution in [3.05, 3.63) is 35.4 Å². The van der Waals surface area contributed by atoms with Crippen molar-refractivity contribution in [3.63, 3.8) is 0 Å². The van der Waals surface area contributed by atoms with Gasteiger partial charge in [-0.25, -0.2) is 0 Å². The van der Waals surface area contributed by atoms with E-state index in [1.54, 1.807) is 0 Å². The van der Waals surface area contributed by atoms with Crippen LogP contribution in [0.2, 0.25) is 0 Å². The Morgan fingerprint density at radius 3 is 2.55 bits per heavy atom. The molecule has 0 bridgehead atoms. The molecule has 0 saturated heterocycles. The van der Waals surface area contributed by atoms with Gasteiger partial charge in [-0.3, -0.25) is 4.79 Å². The maximum atomic E-state index is 11.9. The molecule has 0 unspecified atom stereocenters. The predicted molar refractivity (Wildman–Crippen MR) is 79.7 cm³/mol. The summed E-state index contributed by atoms with van der Waals surface area (Å²) in [5.74, 6) is -0.0423. The van der Waals surface area contributed by atoms with Gasteiger partial charge in [-0.1, -0.05) is 17.7 Å². The van der Waals surface area contributed by atoms with Crippen LogP contribution in [0.3, 0.4) is 0 Å². The van der Waals surface area contributed by atoms with Gasteiger partial charge in [0.1, 0.15) is 0 Å². The predicted octanol–water partition coefficient (Wildman–Crippen LogP) is 2.01. The van der Waals surface area contributed by atoms with E-state index in [9.17, 15) is 4.79 Å². The highest BCUT2D eigenvalue weighted by Gasteiger charge is 2.18. The lowest BCUT2D eigenvalue weighted by Crippen LogP contribution is -2.33. The van der Waals surface area contributed by atoms with E-state index in [1.165, 1.54) is 0 Å². The number of rotatable bonds is 5. The number of carbonyl (C=O) groups is 1. The normalized spacial score (nSPS) is 22.5. The number of ether oxygens (including phenoxy) is 1. The van der Waals surface area contributed by atoms with Gasteiger partial charge >= 0.3 is 0 Å². The van der Waals surface area contributed by atoms with Crippen LogP contribution in [0, 0.1) is 6.92 Å². The van der Waals surface area contributed by atoms with Crippen LogP contribution in [0.15, 0.2) is 24.3 Å². The first-order valence-corrected chi connectivity index (χ1v) is 7.37. The van der Waals surface area contributed by atoms with E-state index in [1.807, 2.05) is 31.2 Å². The van der Waals surface area contributed by atoms with Gasteiger partial charge in [0.05, 0.1) is 12.7 Å². The molecule has 0 heterocycles. The van der Waals surface area contributed by atoms with Crippen LogP contribution in [0.1, 0.15) is 41.6 Å². The first kappa shape index (κ1) is 15.0. The monoisotopic (exact) mass is 276 g/mol. The van der Waals surface area contributed by atoms with Crippen LogP contribution in [0.25, 0.3) is 0 Å². The Morgan fingerprint density at radius 1 is 1.25 bits per heavy atom. The lowest BCUT2D eigenvalue weighted by Gasteiger charge is -2.26. The summed E-state index contributed by atoms with van der Waals surface area (Å²) in [5.41, 5.74) is 7.70. The second-order valence-corrected chi connectivity index (χ2v) is 5.53. The topological polar surface area (TPSA) is 64.3 Å². The Balaban J connectivity index is 1.63. The van der Waals surface area contributed by atoms with Crippen LogP contribution in [-0.2, 0) is 4.74 Å². The molecule has 0 aliphatic heterocycles. The van der Waals surface area contributed by atoms with E-state index >= 15 is 0 Å². The van der Waals surface area contributed by atoms with Crippen molar-refractivity contribution in [3.8, 4) is 0 Å². The standard InChI is InChI=1S/C16H24N2O2/c1-12-2-4-13(5-3-12)16(19)18-10-11-20-15-8-6-14(17)7-9-15/h2-5,14-15H,6-11,17H2,1H3,(H,18,19). The van der Waals surface area contributed by atoms with Crippen molar-refractivity contribution in [2.24, 2.45) is 5.73 Å². The van der Waals surface area contributed by atoms with Gasteiger partial charge in [-0.2, -0.15) is 0 Å². The summed E-state index contributed by atoms with van der Waals surface area (Å²) in [5, 5.41) is 2.88. The lowest BCUT2D eigenvalue weighted by atomic mass is 9.94. The van der Waals surface area contributed by atoms with E-state index in [0.717, 1.165) is 31.2 Å². The minimum absolute atomic E-state index is 0.0423. The largest absolute Gasteiger partial charge is 0.376 e.